The average Bonchev–Trinajstić information content (AvgIpc) is 3.15. The number of rotatable bonds is 7. The van der Waals surface area contributed by atoms with Crippen molar-refractivity contribution >= 4 is 17.5 Å². The molecule has 0 radical (unpaired) electrons. The van der Waals surface area contributed by atoms with Crippen LogP contribution in [0.15, 0.2) is 52.1 Å². The van der Waals surface area contributed by atoms with Crippen molar-refractivity contribution in [2.24, 2.45) is 0 Å². The average molecular weight is 370 g/mol. The van der Waals surface area contributed by atoms with E-state index in [1.165, 1.54) is 11.8 Å². The van der Waals surface area contributed by atoms with E-state index in [1.54, 1.807) is 32.4 Å². The summed E-state index contributed by atoms with van der Waals surface area (Å²) in [5.41, 5.74) is 2.45. The van der Waals surface area contributed by atoms with Crippen LogP contribution in [0.5, 0.6) is 11.5 Å². The van der Waals surface area contributed by atoms with Gasteiger partial charge in [0.25, 0.3) is 11.1 Å². The number of hydrogen-bond acceptors (Lipinski definition) is 7. The third-order valence-corrected chi connectivity index (χ3v) is 4.56. The van der Waals surface area contributed by atoms with E-state index < -0.39 is 0 Å². The van der Waals surface area contributed by atoms with Gasteiger partial charge in [-0.05, 0) is 19.1 Å². The lowest BCUT2D eigenvalue weighted by molar-refractivity contribution is 0.102. The number of thioether (sulfide) groups is 1. The van der Waals surface area contributed by atoms with Gasteiger partial charge < -0.3 is 13.9 Å². The zero-order valence-corrected chi connectivity index (χ0v) is 15.5. The molecule has 7 heteroatoms. The maximum Gasteiger partial charge on any atom is 0.277 e. The van der Waals surface area contributed by atoms with Crippen molar-refractivity contribution in [2.45, 2.75) is 12.1 Å². The summed E-state index contributed by atoms with van der Waals surface area (Å²) in [6, 6.07) is 12.8. The minimum Gasteiger partial charge on any atom is -0.497 e. The van der Waals surface area contributed by atoms with Crippen molar-refractivity contribution in [3.63, 3.8) is 0 Å². The molecule has 26 heavy (non-hydrogen) atoms. The van der Waals surface area contributed by atoms with E-state index in [0.29, 0.717) is 33.7 Å². The van der Waals surface area contributed by atoms with Crippen LogP contribution < -0.4 is 9.47 Å². The molecular weight excluding hydrogens is 352 g/mol. The summed E-state index contributed by atoms with van der Waals surface area (Å²) in [4.78, 5) is 12.2. The standard InChI is InChI=1S/C19H18N2O4S/c1-12-4-6-13(7-5-12)16(22)11-26-19-21-20-18(25-19)15-9-8-14(23-2)10-17(15)24-3/h4-10H,11H2,1-3H3. The fourth-order valence-corrected chi connectivity index (χ4v) is 2.96. The van der Waals surface area contributed by atoms with Gasteiger partial charge in [0.2, 0.25) is 0 Å². The number of carbonyl (C=O) groups is 1. The number of methoxy groups -OCH3 is 2. The third kappa shape index (κ3) is 4.05. The molecule has 134 valence electrons. The van der Waals surface area contributed by atoms with Crippen molar-refractivity contribution < 1.29 is 18.7 Å². The number of carbonyl (C=O) groups excluding carboxylic acids is 1. The summed E-state index contributed by atoms with van der Waals surface area (Å²) in [5.74, 6) is 1.81. The van der Waals surface area contributed by atoms with Gasteiger partial charge in [0, 0.05) is 11.6 Å². The van der Waals surface area contributed by atoms with Gasteiger partial charge in [-0.3, -0.25) is 4.79 Å². The Labute approximate surface area is 155 Å². The molecular formula is C19H18N2O4S. The number of benzene rings is 2. The highest BCUT2D eigenvalue weighted by atomic mass is 32.2. The third-order valence-electron chi connectivity index (χ3n) is 3.75. The fourth-order valence-electron chi connectivity index (χ4n) is 2.30. The number of aromatic nitrogens is 2. The summed E-state index contributed by atoms with van der Waals surface area (Å²) >= 11 is 1.21. The number of ketones is 1. The molecule has 0 aliphatic heterocycles. The molecule has 0 fully saturated rings. The van der Waals surface area contributed by atoms with E-state index in [4.69, 9.17) is 13.9 Å². The number of ether oxygens (including phenoxy) is 2. The van der Waals surface area contributed by atoms with Gasteiger partial charge in [-0.25, -0.2) is 0 Å². The summed E-state index contributed by atoms with van der Waals surface area (Å²) in [6.07, 6.45) is 0. The van der Waals surface area contributed by atoms with Crippen LogP contribution in [-0.2, 0) is 0 Å². The highest BCUT2D eigenvalue weighted by molar-refractivity contribution is 7.99. The molecule has 1 heterocycles. The first-order chi connectivity index (χ1) is 12.6. The Kier molecular flexibility index (Phi) is 5.58. The predicted octanol–water partition coefficient (Wildman–Crippen LogP) is 4.04. The Morgan fingerprint density at radius 1 is 1.08 bits per heavy atom. The van der Waals surface area contributed by atoms with Crippen LogP contribution in [0.4, 0.5) is 0 Å². The van der Waals surface area contributed by atoms with E-state index >= 15 is 0 Å². The number of hydrogen-bond donors (Lipinski definition) is 0. The molecule has 3 rings (SSSR count). The van der Waals surface area contributed by atoms with Gasteiger partial charge >= 0.3 is 0 Å². The zero-order chi connectivity index (χ0) is 18.5. The summed E-state index contributed by atoms with van der Waals surface area (Å²) < 4.78 is 16.2. The second kappa shape index (κ2) is 8.05. The van der Waals surface area contributed by atoms with Gasteiger partial charge in [-0.2, -0.15) is 0 Å². The monoisotopic (exact) mass is 370 g/mol. The summed E-state index contributed by atoms with van der Waals surface area (Å²) in [5, 5.41) is 8.37. The number of nitrogens with zero attached hydrogens (tertiary/aromatic N) is 2. The van der Waals surface area contributed by atoms with Crippen molar-refractivity contribution in [3.05, 3.63) is 53.6 Å². The first-order valence-corrected chi connectivity index (χ1v) is 8.88. The SMILES string of the molecule is COc1ccc(-c2nnc(SCC(=O)c3ccc(C)cc3)o2)c(OC)c1. The van der Waals surface area contributed by atoms with E-state index in [2.05, 4.69) is 10.2 Å². The van der Waals surface area contributed by atoms with Crippen molar-refractivity contribution in [1.29, 1.82) is 0 Å². The largest absolute Gasteiger partial charge is 0.497 e. The molecule has 0 N–H and O–H groups in total. The molecule has 2 aromatic carbocycles. The lowest BCUT2D eigenvalue weighted by Crippen LogP contribution is -2.02. The molecule has 6 nitrogen and oxygen atoms in total. The van der Waals surface area contributed by atoms with E-state index in [1.807, 2.05) is 31.2 Å². The van der Waals surface area contributed by atoms with Crippen LogP contribution in [0.25, 0.3) is 11.5 Å². The highest BCUT2D eigenvalue weighted by Gasteiger charge is 2.16. The highest BCUT2D eigenvalue weighted by Crippen LogP contribution is 2.33. The maximum atomic E-state index is 12.2. The Morgan fingerprint density at radius 3 is 2.54 bits per heavy atom. The van der Waals surface area contributed by atoms with E-state index in [-0.39, 0.29) is 11.5 Å². The fraction of sp³-hybridized carbons (Fsp3) is 0.211. The molecule has 3 aromatic rings. The van der Waals surface area contributed by atoms with Crippen LogP contribution in [-0.4, -0.2) is 36.0 Å². The van der Waals surface area contributed by atoms with E-state index in [9.17, 15) is 4.79 Å². The Balaban J connectivity index is 1.70. The molecule has 0 saturated carbocycles. The molecule has 0 unspecified atom stereocenters. The van der Waals surface area contributed by atoms with Gasteiger partial charge in [-0.15, -0.1) is 10.2 Å². The molecule has 0 atom stereocenters. The molecule has 1 aromatic heterocycles. The quantitative estimate of drug-likeness (QED) is 0.459. The van der Waals surface area contributed by atoms with Gasteiger partial charge in [0.05, 0.1) is 25.5 Å². The van der Waals surface area contributed by atoms with Gasteiger partial charge in [-0.1, -0.05) is 41.6 Å². The maximum absolute atomic E-state index is 12.2. The zero-order valence-electron chi connectivity index (χ0n) is 14.7. The smallest absolute Gasteiger partial charge is 0.277 e. The van der Waals surface area contributed by atoms with Crippen molar-refractivity contribution in [3.8, 4) is 23.0 Å². The lowest BCUT2D eigenvalue weighted by atomic mass is 10.1. The van der Waals surface area contributed by atoms with Crippen LogP contribution >= 0.6 is 11.8 Å². The topological polar surface area (TPSA) is 74.5 Å². The minimum atomic E-state index is 0.0109. The normalized spacial score (nSPS) is 10.6. The van der Waals surface area contributed by atoms with Crippen LogP contribution in [0.2, 0.25) is 0 Å². The molecule has 0 saturated heterocycles. The Hall–Kier alpha value is -2.80. The van der Waals surface area contributed by atoms with Crippen molar-refractivity contribution in [1.82, 2.24) is 10.2 Å². The molecule has 0 spiro atoms. The second-order valence-corrected chi connectivity index (χ2v) is 6.44. The molecule has 0 amide bonds. The van der Waals surface area contributed by atoms with Gasteiger partial charge in [0.15, 0.2) is 5.78 Å². The summed E-state index contributed by atoms with van der Waals surface area (Å²) in [6.45, 7) is 1.98. The van der Waals surface area contributed by atoms with Crippen LogP contribution in [0.3, 0.4) is 0 Å². The number of aryl methyl sites for hydroxylation is 1. The van der Waals surface area contributed by atoms with Crippen LogP contribution in [0.1, 0.15) is 15.9 Å². The first-order valence-electron chi connectivity index (χ1n) is 7.89. The number of Topliss-reactive ketones (excluding diaryl/α,β-unsaturated/α-hetero) is 1. The molecule has 0 bridgehead atoms. The summed E-state index contributed by atoms with van der Waals surface area (Å²) in [7, 11) is 3.14. The Bertz CT molecular complexity index is 906. The second-order valence-electron chi connectivity index (χ2n) is 5.52. The molecule has 0 aliphatic rings. The van der Waals surface area contributed by atoms with Gasteiger partial charge in [0.1, 0.15) is 11.5 Å². The minimum absolute atomic E-state index is 0.0109. The Morgan fingerprint density at radius 2 is 1.85 bits per heavy atom. The van der Waals surface area contributed by atoms with E-state index in [0.717, 1.165) is 5.56 Å². The molecule has 0 aliphatic carbocycles. The van der Waals surface area contributed by atoms with Crippen LogP contribution in [0, 0.1) is 6.92 Å². The first kappa shape index (κ1) is 18.0. The predicted molar refractivity (Wildman–Crippen MR) is 99.1 cm³/mol. The van der Waals surface area contributed by atoms with Crippen molar-refractivity contribution in [2.75, 3.05) is 20.0 Å². The lowest BCUT2D eigenvalue weighted by Gasteiger charge is -2.07.